The van der Waals surface area contributed by atoms with Crippen molar-refractivity contribution >= 4 is 5.91 Å². The molecule has 1 aromatic carbocycles. The number of ether oxygens (including phenoxy) is 3. The Balaban J connectivity index is 2.14. The Morgan fingerprint density at radius 3 is 2.57 bits per heavy atom. The van der Waals surface area contributed by atoms with Crippen LogP contribution in [-0.2, 0) is 0 Å². The largest absolute Gasteiger partial charge is 0.493 e. The highest BCUT2D eigenvalue weighted by Gasteiger charge is 2.24. The summed E-state index contributed by atoms with van der Waals surface area (Å²) < 4.78 is 16.9. The van der Waals surface area contributed by atoms with Gasteiger partial charge in [0.15, 0.2) is 11.5 Å². The third kappa shape index (κ3) is 6.13. The molecule has 1 N–H and O–H groups in total. The predicted octanol–water partition coefficient (Wildman–Crippen LogP) is 3.99. The van der Waals surface area contributed by atoms with E-state index in [1.807, 2.05) is 25.2 Å². The van der Waals surface area contributed by atoms with Crippen LogP contribution in [0.2, 0.25) is 0 Å². The third-order valence-electron chi connectivity index (χ3n) is 5.27. The van der Waals surface area contributed by atoms with Crippen LogP contribution in [0.1, 0.15) is 37.0 Å². The number of methoxy groups -OCH3 is 2. The van der Waals surface area contributed by atoms with E-state index in [0.29, 0.717) is 42.0 Å². The summed E-state index contributed by atoms with van der Waals surface area (Å²) in [7, 11) is 3.09. The van der Waals surface area contributed by atoms with Crippen LogP contribution in [0.4, 0.5) is 0 Å². The number of carbonyl (C=O) groups excluding carboxylic acids is 1. The molecule has 164 valence electrons. The maximum Gasteiger partial charge on any atom is 0.251 e. The lowest BCUT2D eigenvalue weighted by molar-refractivity contribution is 0.0940. The number of hydrogen-bond acceptors (Lipinski definition) is 5. The lowest BCUT2D eigenvalue weighted by Crippen LogP contribution is -2.40. The molecule has 1 heterocycles. The summed E-state index contributed by atoms with van der Waals surface area (Å²) in [6.07, 6.45) is 9.81. The Bertz CT molecular complexity index is 760. The second-order valence-electron chi connectivity index (χ2n) is 7.10. The van der Waals surface area contributed by atoms with Crippen molar-refractivity contribution in [2.45, 2.75) is 32.7 Å². The van der Waals surface area contributed by atoms with E-state index in [1.165, 1.54) is 6.42 Å². The van der Waals surface area contributed by atoms with Crippen LogP contribution in [0.15, 0.2) is 48.6 Å². The molecule has 1 aliphatic heterocycles. The van der Waals surface area contributed by atoms with E-state index in [9.17, 15) is 4.79 Å². The van der Waals surface area contributed by atoms with Crippen LogP contribution in [0.3, 0.4) is 0 Å². The molecule has 2 rings (SSSR count). The number of benzene rings is 1. The van der Waals surface area contributed by atoms with E-state index in [4.69, 9.17) is 14.2 Å². The fraction of sp³-hybridized carbons (Fsp3) is 0.458. The van der Waals surface area contributed by atoms with Crippen LogP contribution in [0, 0.1) is 0 Å². The zero-order chi connectivity index (χ0) is 21.9. The number of amides is 1. The van der Waals surface area contributed by atoms with Gasteiger partial charge in [-0.05, 0) is 50.6 Å². The Labute approximate surface area is 180 Å². The first-order chi connectivity index (χ1) is 14.6. The summed E-state index contributed by atoms with van der Waals surface area (Å²) in [5.41, 5.74) is 1.39. The minimum absolute atomic E-state index is 0.152. The molecule has 6 heteroatoms. The number of nitrogens with zero attached hydrogens (tertiary/aromatic N) is 1. The van der Waals surface area contributed by atoms with Gasteiger partial charge in [-0.15, -0.1) is 0 Å². The zero-order valence-corrected chi connectivity index (χ0v) is 18.6. The van der Waals surface area contributed by atoms with Gasteiger partial charge in [-0.2, -0.15) is 0 Å². The monoisotopic (exact) mass is 414 g/mol. The van der Waals surface area contributed by atoms with Crippen molar-refractivity contribution in [2.24, 2.45) is 0 Å². The molecule has 1 atom stereocenters. The number of likely N-dealkylation sites (tertiary alicyclic amines) is 1. The van der Waals surface area contributed by atoms with Crippen molar-refractivity contribution in [1.29, 1.82) is 0 Å². The first-order valence-corrected chi connectivity index (χ1v) is 10.4. The van der Waals surface area contributed by atoms with E-state index >= 15 is 0 Å². The Morgan fingerprint density at radius 1 is 1.30 bits per heavy atom. The van der Waals surface area contributed by atoms with Crippen LogP contribution < -0.4 is 19.5 Å². The van der Waals surface area contributed by atoms with Gasteiger partial charge < -0.3 is 19.5 Å². The van der Waals surface area contributed by atoms with Crippen molar-refractivity contribution in [2.75, 3.05) is 40.5 Å². The second kappa shape index (κ2) is 12.1. The standard InChI is InChI=1S/C24H34N2O4/c1-6-9-11-18(7-2)17-30-23-21(28-4)14-19(15-22(23)29-5)24(27)25-16-20-12-10-13-26(20)8-3/h6-7,9,11,14-15,20H,2,8,10,12-13,16-17H2,1,3-5H3,(H,25,27)/b9-6-,18-11+/t20-/m1/s1. The summed E-state index contributed by atoms with van der Waals surface area (Å²) in [4.78, 5) is 15.2. The summed E-state index contributed by atoms with van der Waals surface area (Å²) in [5.74, 6) is 1.20. The number of nitrogens with one attached hydrogen (secondary N) is 1. The first kappa shape index (κ1) is 23.5. The number of hydrogen-bond donors (Lipinski definition) is 1. The van der Waals surface area contributed by atoms with Gasteiger partial charge in [0.05, 0.1) is 14.2 Å². The van der Waals surface area contributed by atoms with Crippen molar-refractivity contribution in [3.8, 4) is 17.2 Å². The SMILES string of the molecule is C=C/C(=C\C=C/C)COc1c(OC)cc(C(=O)NC[C@H]2CCCN2CC)cc1OC. The molecule has 0 saturated carbocycles. The van der Waals surface area contributed by atoms with E-state index < -0.39 is 0 Å². The number of allylic oxidation sites excluding steroid dienone is 3. The van der Waals surface area contributed by atoms with E-state index in [1.54, 1.807) is 32.4 Å². The smallest absolute Gasteiger partial charge is 0.251 e. The van der Waals surface area contributed by atoms with Gasteiger partial charge in [-0.1, -0.05) is 37.8 Å². The molecule has 1 saturated heterocycles. The fourth-order valence-corrected chi connectivity index (χ4v) is 3.56. The maximum atomic E-state index is 12.8. The lowest BCUT2D eigenvalue weighted by Gasteiger charge is -2.23. The topological polar surface area (TPSA) is 60.0 Å². The zero-order valence-electron chi connectivity index (χ0n) is 18.6. The van der Waals surface area contributed by atoms with Crippen LogP contribution in [-0.4, -0.2) is 57.3 Å². The third-order valence-corrected chi connectivity index (χ3v) is 5.27. The van der Waals surface area contributed by atoms with Gasteiger partial charge >= 0.3 is 0 Å². The van der Waals surface area contributed by atoms with Crippen LogP contribution >= 0.6 is 0 Å². The number of carbonyl (C=O) groups is 1. The van der Waals surface area contributed by atoms with Gasteiger partial charge in [0.1, 0.15) is 6.61 Å². The predicted molar refractivity (Wildman–Crippen MR) is 121 cm³/mol. The molecular weight excluding hydrogens is 380 g/mol. The normalized spacial score (nSPS) is 17.2. The molecule has 1 aliphatic rings. The molecule has 0 unspecified atom stereocenters. The molecule has 0 spiro atoms. The minimum Gasteiger partial charge on any atom is -0.493 e. The van der Waals surface area contributed by atoms with E-state index in [-0.39, 0.29) is 5.91 Å². The molecule has 0 radical (unpaired) electrons. The molecule has 1 fully saturated rings. The highest BCUT2D eigenvalue weighted by molar-refractivity contribution is 5.95. The molecule has 30 heavy (non-hydrogen) atoms. The van der Waals surface area contributed by atoms with Gasteiger partial charge in [-0.3, -0.25) is 9.69 Å². The summed E-state index contributed by atoms with van der Waals surface area (Å²) >= 11 is 0. The highest BCUT2D eigenvalue weighted by atomic mass is 16.5. The quantitative estimate of drug-likeness (QED) is 0.555. The van der Waals surface area contributed by atoms with E-state index in [0.717, 1.165) is 25.1 Å². The number of likely N-dealkylation sites (N-methyl/N-ethyl adjacent to an activating group) is 1. The van der Waals surface area contributed by atoms with Crippen molar-refractivity contribution in [3.05, 3.63) is 54.2 Å². The average molecular weight is 415 g/mol. The van der Waals surface area contributed by atoms with Crippen LogP contribution in [0.5, 0.6) is 17.2 Å². The van der Waals surface area contributed by atoms with Crippen molar-refractivity contribution in [1.82, 2.24) is 10.2 Å². The van der Waals surface area contributed by atoms with Crippen molar-refractivity contribution < 1.29 is 19.0 Å². The van der Waals surface area contributed by atoms with Gasteiger partial charge in [0.2, 0.25) is 5.75 Å². The van der Waals surface area contributed by atoms with Gasteiger partial charge in [0.25, 0.3) is 5.91 Å². The summed E-state index contributed by atoms with van der Waals surface area (Å²) in [6, 6.07) is 3.76. The highest BCUT2D eigenvalue weighted by Crippen LogP contribution is 2.39. The van der Waals surface area contributed by atoms with Crippen LogP contribution in [0.25, 0.3) is 0 Å². The first-order valence-electron chi connectivity index (χ1n) is 10.4. The Kier molecular flexibility index (Phi) is 9.48. The van der Waals surface area contributed by atoms with Gasteiger partial charge in [0, 0.05) is 18.2 Å². The fourth-order valence-electron chi connectivity index (χ4n) is 3.56. The Morgan fingerprint density at radius 2 is 2.00 bits per heavy atom. The van der Waals surface area contributed by atoms with E-state index in [2.05, 4.69) is 23.7 Å². The molecule has 0 aliphatic carbocycles. The molecule has 0 bridgehead atoms. The molecule has 1 aromatic rings. The van der Waals surface area contributed by atoms with Gasteiger partial charge in [-0.25, -0.2) is 0 Å². The minimum atomic E-state index is -0.152. The molecular formula is C24H34N2O4. The Hall–Kier alpha value is -2.73. The second-order valence-corrected chi connectivity index (χ2v) is 7.10. The van der Waals surface area contributed by atoms with Crippen molar-refractivity contribution in [3.63, 3.8) is 0 Å². The summed E-state index contributed by atoms with van der Waals surface area (Å²) in [6.45, 7) is 10.9. The maximum absolute atomic E-state index is 12.8. The lowest BCUT2D eigenvalue weighted by atomic mass is 10.1. The summed E-state index contributed by atoms with van der Waals surface area (Å²) in [5, 5.41) is 3.05. The molecule has 0 aromatic heterocycles. The average Bonchev–Trinajstić information content (AvgIpc) is 3.24. The molecule has 6 nitrogen and oxygen atoms in total. The molecule has 1 amide bonds. The number of rotatable bonds is 11.